The van der Waals surface area contributed by atoms with Gasteiger partial charge in [0.05, 0.1) is 0 Å². The number of hydrogen-bond donors (Lipinski definition) is 1. The smallest absolute Gasteiger partial charge is 0.347 e. The van der Waals surface area contributed by atoms with Gasteiger partial charge in [-0.3, -0.25) is 4.79 Å². The van der Waals surface area contributed by atoms with E-state index in [1.807, 2.05) is 32.0 Å². The van der Waals surface area contributed by atoms with Crippen molar-refractivity contribution in [2.75, 3.05) is 11.9 Å². The number of anilines is 1. The summed E-state index contributed by atoms with van der Waals surface area (Å²) in [5.74, 6) is -0.421. The molecule has 0 saturated carbocycles. The number of carbonyl (C=O) groups is 2. The second-order valence-corrected chi connectivity index (χ2v) is 5.88. The molecule has 1 N–H and O–H groups in total. The summed E-state index contributed by atoms with van der Waals surface area (Å²) in [4.78, 5) is 24.1. The molecule has 0 spiro atoms. The molecule has 132 valence electrons. The van der Waals surface area contributed by atoms with Crippen LogP contribution in [0.25, 0.3) is 0 Å². The van der Waals surface area contributed by atoms with Crippen molar-refractivity contribution in [3.05, 3.63) is 59.1 Å². The Labute approximate surface area is 151 Å². The van der Waals surface area contributed by atoms with Crippen LogP contribution in [0.4, 0.5) is 5.69 Å². The van der Waals surface area contributed by atoms with Crippen molar-refractivity contribution < 1.29 is 19.1 Å². The Morgan fingerprint density at radius 2 is 1.88 bits per heavy atom. The molecule has 25 heavy (non-hydrogen) atoms. The fraction of sp³-hybridized carbons (Fsp3) is 0.263. The van der Waals surface area contributed by atoms with Gasteiger partial charge in [0.1, 0.15) is 5.75 Å². The van der Waals surface area contributed by atoms with Gasteiger partial charge < -0.3 is 14.8 Å². The summed E-state index contributed by atoms with van der Waals surface area (Å²) in [6.45, 7) is 3.26. The average Bonchev–Trinajstić information content (AvgIpc) is 2.61. The summed E-state index contributed by atoms with van der Waals surface area (Å²) in [6.07, 6.45) is -0.321. The molecule has 0 aromatic heterocycles. The Morgan fingerprint density at radius 3 is 2.52 bits per heavy atom. The molecular formula is C19H20ClNO4. The van der Waals surface area contributed by atoms with Crippen LogP contribution < -0.4 is 10.1 Å². The fourth-order valence-corrected chi connectivity index (χ4v) is 2.37. The van der Waals surface area contributed by atoms with Crippen molar-refractivity contribution in [3.63, 3.8) is 0 Å². The number of amides is 1. The number of halogens is 1. The zero-order valence-electron chi connectivity index (χ0n) is 14.1. The minimum absolute atomic E-state index is 0.379. The van der Waals surface area contributed by atoms with Crippen molar-refractivity contribution in [2.24, 2.45) is 0 Å². The van der Waals surface area contributed by atoms with Gasteiger partial charge in [-0.1, -0.05) is 36.7 Å². The lowest BCUT2D eigenvalue weighted by atomic mass is 10.2. The highest BCUT2D eigenvalue weighted by Crippen LogP contribution is 2.19. The van der Waals surface area contributed by atoms with Crippen LogP contribution in [0.5, 0.6) is 5.75 Å². The number of nitrogens with one attached hydrogen (secondary N) is 1. The molecule has 2 rings (SSSR count). The molecule has 0 fully saturated rings. The lowest BCUT2D eigenvalue weighted by Crippen LogP contribution is -2.31. The second-order valence-electron chi connectivity index (χ2n) is 5.44. The Morgan fingerprint density at radius 1 is 1.16 bits per heavy atom. The van der Waals surface area contributed by atoms with Crippen LogP contribution in [0.1, 0.15) is 18.9 Å². The third-order valence-corrected chi connectivity index (χ3v) is 3.70. The minimum Gasteiger partial charge on any atom is -0.479 e. The number of hydrogen-bond acceptors (Lipinski definition) is 4. The zero-order chi connectivity index (χ0) is 18.2. The lowest BCUT2D eigenvalue weighted by molar-refractivity contribution is -0.154. The highest BCUT2D eigenvalue weighted by molar-refractivity contribution is 6.30. The second kappa shape index (κ2) is 9.08. The maximum atomic E-state index is 12.1. The highest BCUT2D eigenvalue weighted by atomic mass is 35.5. The van der Waals surface area contributed by atoms with E-state index in [4.69, 9.17) is 21.1 Å². The third-order valence-electron chi connectivity index (χ3n) is 3.46. The maximum Gasteiger partial charge on any atom is 0.347 e. The topological polar surface area (TPSA) is 64.6 Å². The first kappa shape index (κ1) is 18.8. The van der Waals surface area contributed by atoms with Gasteiger partial charge in [0.25, 0.3) is 5.91 Å². The SMILES string of the molecule is CC[C@H](Oc1ccccc1)C(=O)OCC(=O)Nc1ccc(Cl)cc1C. The molecule has 0 aliphatic rings. The number of para-hydroxylation sites is 1. The molecule has 0 aliphatic heterocycles. The third kappa shape index (κ3) is 5.80. The largest absolute Gasteiger partial charge is 0.479 e. The maximum absolute atomic E-state index is 12.1. The van der Waals surface area contributed by atoms with E-state index in [0.29, 0.717) is 22.9 Å². The first-order valence-corrected chi connectivity index (χ1v) is 8.31. The summed E-state index contributed by atoms with van der Waals surface area (Å²) >= 11 is 5.88. The number of rotatable bonds is 7. The van der Waals surface area contributed by atoms with Crippen LogP contribution in [0.2, 0.25) is 5.02 Å². The molecule has 5 nitrogen and oxygen atoms in total. The van der Waals surface area contributed by atoms with Gasteiger partial charge >= 0.3 is 5.97 Å². The fourth-order valence-electron chi connectivity index (χ4n) is 2.14. The molecule has 0 aliphatic carbocycles. The summed E-state index contributed by atoms with van der Waals surface area (Å²) in [7, 11) is 0. The van der Waals surface area contributed by atoms with Gasteiger partial charge in [-0.15, -0.1) is 0 Å². The van der Waals surface area contributed by atoms with Crippen LogP contribution in [-0.2, 0) is 14.3 Å². The van der Waals surface area contributed by atoms with Gasteiger partial charge in [-0.25, -0.2) is 4.79 Å². The molecule has 0 radical (unpaired) electrons. The molecule has 2 aromatic rings. The van der Waals surface area contributed by atoms with Gasteiger partial charge in [0.2, 0.25) is 0 Å². The van der Waals surface area contributed by atoms with Crippen LogP contribution in [0.3, 0.4) is 0 Å². The van der Waals surface area contributed by atoms with Crippen molar-refractivity contribution in [1.29, 1.82) is 0 Å². The van der Waals surface area contributed by atoms with E-state index >= 15 is 0 Å². The normalized spacial score (nSPS) is 11.5. The van der Waals surface area contributed by atoms with Crippen LogP contribution in [-0.4, -0.2) is 24.6 Å². The number of benzene rings is 2. The first-order valence-electron chi connectivity index (χ1n) is 7.94. The zero-order valence-corrected chi connectivity index (χ0v) is 14.9. The van der Waals surface area contributed by atoms with Crippen LogP contribution in [0, 0.1) is 6.92 Å². The van der Waals surface area contributed by atoms with Gasteiger partial charge in [-0.2, -0.15) is 0 Å². The summed E-state index contributed by atoms with van der Waals surface area (Å²) in [5, 5.41) is 3.27. The Bertz CT molecular complexity index is 733. The summed E-state index contributed by atoms with van der Waals surface area (Å²) in [6, 6.07) is 14.1. The first-order chi connectivity index (χ1) is 12.0. The molecule has 1 amide bonds. The molecule has 0 saturated heterocycles. The van der Waals surface area contributed by atoms with Crippen molar-refractivity contribution in [1.82, 2.24) is 0 Å². The van der Waals surface area contributed by atoms with Crippen LogP contribution in [0.15, 0.2) is 48.5 Å². The number of aryl methyl sites for hydroxylation is 1. The van der Waals surface area contributed by atoms with E-state index in [-0.39, 0.29) is 6.61 Å². The monoisotopic (exact) mass is 361 g/mol. The van der Waals surface area contributed by atoms with E-state index in [1.54, 1.807) is 30.3 Å². The molecule has 0 bridgehead atoms. The summed E-state index contributed by atoms with van der Waals surface area (Å²) < 4.78 is 10.7. The van der Waals surface area contributed by atoms with E-state index < -0.39 is 18.0 Å². The Balaban J connectivity index is 1.86. The molecule has 6 heteroatoms. The van der Waals surface area contributed by atoms with Gasteiger partial charge in [0.15, 0.2) is 12.7 Å². The van der Waals surface area contributed by atoms with E-state index in [0.717, 1.165) is 5.56 Å². The van der Waals surface area contributed by atoms with E-state index in [9.17, 15) is 9.59 Å². The Hall–Kier alpha value is -2.53. The van der Waals surface area contributed by atoms with Gasteiger partial charge in [-0.05, 0) is 49.2 Å². The standard InChI is InChI=1S/C19H20ClNO4/c1-3-17(25-15-7-5-4-6-8-15)19(23)24-12-18(22)21-16-10-9-14(20)11-13(16)2/h4-11,17H,3,12H2,1-2H3,(H,21,22)/t17-/m0/s1. The van der Waals surface area contributed by atoms with Gasteiger partial charge in [0, 0.05) is 10.7 Å². The van der Waals surface area contributed by atoms with Crippen molar-refractivity contribution in [3.8, 4) is 5.75 Å². The summed E-state index contributed by atoms with van der Waals surface area (Å²) in [5.41, 5.74) is 1.45. The average molecular weight is 362 g/mol. The predicted molar refractivity (Wildman–Crippen MR) is 96.9 cm³/mol. The number of carbonyl (C=O) groups excluding carboxylic acids is 2. The molecule has 2 aromatic carbocycles. The number of ether oxygens (including phenoxy) is 2. The van der Waals surface area contributed by atoms with Crippen molar-refractivity contribution in [2.45, 2.75) is 26.4 Å². The molecule has 1 atom stereocenters. The highest BCUT2D eigenvalue weighted by Gasteiger charge is 2.21. The molecule has 0 heterocycles. The van der Waals surface area contributed by atoms with E-state index in [2.05, 4.69) is 5.32 Å². The number of esters is 1. The molecule has 0 unspecified atom stereocenters. The van der Waals surface area contributed by atoms with Crippen molar-refractivity contribution >= 4 is 29.2 Å². The lowest BCUT2D eigenvalue weighted by Gasteiger charge is -2.16. The predicted octanol–water partition coefficient (Wildman–Crippen LogP) is 3.99. The van der Waals surface area contributed by atoms with E-state index in [1.165, 1.54) is 0 Å². The quantitative estimate of drug-likeness (QED) is 0.757. The molecular weight excluding hydrogens is 342 g/mol. The van der Waals surface area contributed by atoms with Crippen LogP contribution >= 0.6 is 11.6 Å². The Kier molecular flexibility index (Phi) is 6.83. The minimum atomic E-state index is -0.757.